The van der Waals surface area contributed by atoms with Crippen molar-refractivity contribution in [2.24, 2.45) is 0 Å². The third-order valence-electron chi connectivity index (χ3n) is 2.41. The Bertz CT molecular complexity index is 481. The van der Waals surface area contributed by atoms with Crippen LogP contribution in [0.4, 0.5) is 0 Å². The summed E-state index contributed by atoms with van der Waals surface area (Å²) in [7, 11) is 0. The van der Waals surface area contributed by atoms with E-state index in [-0.39, 0.29) is 12.5 Å². The average Bonchev–Trinajstić information content (AvgIpc) is 2.81. The van der Waals surface area contributed by atoms with Gasteiger partial charge in [-0.25, -0.2) is 0 Å². The van der Waals surface area contributed by atoms with Crippen LogP contribution in [0.25, 0.3) is 6.08 Å². The molecule has 6 heteroatoms. The summed E-state index contributed by atoms with van der Waals surface area (Å²) in [4.78, 5) is 24.9. The van der Waals surface area contributed by atoms with Crippen LogP contribution in [0.2, 0.25) is 0 Å². The first-order valence-electron chi connectivity index (χ1n) is 6.44. The van der Waals surface area contributed by atoms with Crippen molar-refractivity contribution >= 4 is 33.9 Å². The molecule has 0 aliphatic rings. The Morgan fingerprint density at radius 2 is 2.15 bits per heavy atom. The van der Waals surface area contributed by atoms with E-state index < -0.39 is 5.97 Å². The summed E-state index contributed by atoms with van der Waals surface area (Å²) >= 11 is 3.19. The molecule has 0 bridgehead atoms. The van der Waals surface area contributed by atoms with Gasteiger partial charge in [0, 0.05) is 12.6 Å². The molecule has 0 saturated heterocycles. The molecular formula is C14H18BrNO4. The van der Waals surface area contributed by atoms with Crippen molar-refractivity contribution in [2.45, 2.75) is 20.3 Å². The largest absolute Gasteiger partial charge is 0.465 e. The number of carbonyl (C=O) groups excluding carboxylic acids is 2. The van der Waals surface area contributed by atoms with Crippen LogP contribution in [0.15, 0.2) is 27.3 Å². The molecule has 1 rings (SSSR count). The van der Waals surface area contributed by atoms with Crippen molar-refractivity contribution in [3.8, 4) is 0 Å². The van der Waals surface area contributed by atoms with Gasteiger partial charge in [0.25, 0.3) is 0 Å². The number of ether oxygens (including phenoxy) is 1. The normalized spacial score (nSPS) is 10.8. The quantitative estimate of drug-likeness (QED) is 0.564. The molecule has 0 aliphatic heterocycles. The molecular weight excluding hydrogens is 326 g/mol. The smallest absolute Gasteiger partial charge is 0.325 e. The minimum atomic E-state index is -0.400. The molecule has 1 heterocycles. The molecule has 20 heavy (non-hydrogen) atoms. The number of nitrogens with zero attached hydrogens (tertiary/aromatic N) is 1. The fourth-order valence-electron chi connectivity index (χ4n) is 1.58. The molecule has 0 fully saturated rings. The molecule has 0 unspecified atom stereocenters. The second kappa shape index (κ2) is 8.58. The molecule has 1 aromatic heterocycles. The molecule has 0 N–H and O–H groups in total. The first-order valence-corrected chi connectivity index (χ1v) is 7.24. The Labute approximate surface area is 126 Å². The maximum absolute atomic E-state index is 12.0. The Kier molecular flexibility index (Phi) is 7.08. The average molecular weight is 344 g/mol. The van der Waals surface area contributed by atoms with E-state index in [9.17, 15) is 9.59 Å². The summed E-state index contributed by atoms with van der Waals surface area (Å²) in [5.74, 6) is -0.0753. The zero-order valence-electron chi connectivity index (χ0n) is 11.6. The van der Waals surface area contributed by atoms with Crippen molar-refractivity contribution in [1.82, 2.24) is 4.90 Å². The maximum atomic E-state index is 12.0. The first-order chi connectivity index (χ1) is 9.56. The van der Waals surface area contributed by atoms with E-state index in [0.29, 0.717) is 23.6 Å². The SMILES string of the molecule is CCCN(CC(=O)OCC)C(=O)/C=C/c1ccc(Br)o1. The van der Waals surface area contributed by atoms with Gasteiger partial charge in [0.1, 0.15) is 12.3 Å². The van der Waals surface area contributed by atoms with Gasteiger partial charge >= 0.3 is 5.97 Å². The number of esters is 1. The van der Waals surface area contributed by atoms with Crippen LogP contribution in [-0.2, 0) is 14.3 Å². The summed E-state index contributed by atoms with van der Waals surface area (Å²) in [5.41, 5.74) is 0. The van der Waals surface area contributed by atoms with Crippen LogP contribution in [-0.4, -0.2) is 36.5 Å². The number of halogens is 1. The fraction of sp³-hybridized carbons (Fsp3) is 0.429. The molecule has 1 aromatic rings. The van der Waals surface area contributed by atoms with Crippen LogP contribution in [0.3, 0.4) is 0 Å². The maximum Gasteiger partial charge on any atom is 0.325 e. The van der Waals surface area contributed by atoms with Crippen LogP contribution < -0.4 is 0 Å². The number of carbonyl (C=O) groups is 2. The van der Waals surface area contributed by atoms with Gasteiger partial charge in [0.2, 0.25) is 5.91 Å². The van der Waals surface area contributed by atoms with Gasteiger partial charge in [-0.15, -0.1) is 0 Å². The molecule has 0 aliphatic carbocycles. The van der Waals surface area contributed by atoms with Gasteiger partial charge in [0.05, 0.1) is 6.61 Å². The van der Waals surface area contributed by atoms with E-state index >= 15 is 0 Å². The van der Waals surface area contributed by atoms with Crippen LogP contribution in [0, 0.1) is 0 Å². The monoisotopic (exact) mass is 343 g/mol. The predicted molar refractivity (Wildman–Crippen MR) is 78.9 cm³/mol. The Balaban J connectivity index is 2.63. The Hall–Kier alpha value is -1.56. The van der Waals surface area contributed by atoms with Gasteiger partial charge in [-0.3, -0.25) is 9.59 Å². The van der Waals surface area contributed by atoms with Gasteiger partial charge in [-0.2, -0.15) is 0 Å². The molecule has 0 saturated carbocycles. The third-order valence-corrected chi connectivity index (χ3v) is 2.84. The Morgan fingerprint density at radius 3 is 2.70 bits per heavy atom. The highest BCUT2D eigenvalue weighted by Gasteiger charge is 2.14. The minimum absolute atomic E-state index is 0.0350. The molecule has 0 aromatic carbocycles. The van der Waals surface area contributed by atoms with Crippen molar-refractivity contribution in [1.29, 1.82) is 0 Å². The predicted octanol–water partition coefficient (Wildman–Crippen LogP) is 2.86. The van der Waals surface area contributed by atoms with E-state index in [1.807, 2.05) is 6.92 Å². The highest BCUT2D eigenvalue weighted by atomic mass is 79.9. The summed E-state index contributed by atoms with van der Waals surface area (Å²) in [6, 6.07) is 3.48. The van der Waals surface area contributed by atoms with E-state index in [4.69, 9.17) is 9.15 Å². The summed E-state index contributed by atoms with van der Waals surface area (Å²) in [5, 5.41) is 0. The number of hydrogen-bond donors (Lipinski definition) is 0. The third kappa shape index (κ3) is 5.61. The van der Waals surface area contributed by atoms with Gasteiger partial charge < -0.3 is 14.1 Å². The zero-order chi connectivity index (χ0) is 15.0. The molecule has 0 atom stereocenters. The standard InChI is InChI=1S/C14H18BrNO4/c1-3-9-16(10-14(18)19-4-2)13(17)8-6-11-5-7-12(15)20-11/h5-8H,3-4,9-10H2,1-2H3/b8-6+. The van der Waals surface area contributed by atoms with Gasteiger partial charge in [-0.05, 0) is 47.5 Å². The fourth-order valence-corrected chi connectivity index (χ4v) is 1.90. The van der Waals surface area contributed by atoms with E-state index in [1.54, 1.807) is 25.1 Å². The Morgan fingerprint density at radius 1 is 1.40 bits per heavy atom. The molecule has 0 spiro atoms. The lowest BCUT2D eigenvalue weighted by atomic mass is 10.3. The van der Waals surface area contributed by atoms with Gasteiger partial charge in [0.15, 0.2) is 4.67 Å². The van der Waals surface area contributed by atoms with Crippen LogP contribution in [0.5, 0.6) is 0 Å². The number of hydrogen-bond acceptors (Lipinski definition) is 4. The van der Waals surface area contributed by atoms with Crippen LogP contribution in [0.1, 0.15) is 26.0 Å². The van der Waals surface area contributed by atoms with E-state index in [1.165, 1.54) is 11.0 Å². The molecule has 5 nitrogen and oxygen atoms in total. The molecule has 1 amide bonds. The lowest BCUT2D eigenvalue weighted by molar-refractivity contribution is -0.147. The lowest BCUT2D eigenvalue weighted by Crippen LogP contribution is -2.36. The minimum Gasteiger partial charge on any atom is -0.465 e. The highest BCUT2D eigenvalue weighted by molar-refractivity contribution is 9.10. The highest BCUT2D eigenvalue weighted by Crippen LogP contribution is 2.15. The summed E-state index contributed by atoms with van der Waals surface area (Å²) < 4.78 is 10.7. The number of furan rings is 1. The van der Waals surface area contributed by atoms with Crippen molar-refractivity contribution in [3.05, 3.63) is 28.6 Å². The van der Waals surface area contributed by atoms with Crippen molar-refractivity contribution in [3.63, 3.8) is 0 Å². The topological polar surface area (TPSA) is 59.8 Å². The van der Waals surface area contributed by atoms with E-state index in [2.05, 4.69) is 15.9 Å². The lowest BCUT2D eigenvalue weighted by Gasteiger charge is -2.19. The summed E-state index contributed by atoms with van der Waals surface area (Å²) in [6.45, 7) is 4.46. The second-order valence-corrected chi connectivity index (χ2v) is 4.82. The van der Waals surface area contributed by atoms with Crippen LogP contribution >= 0.6 is 15.9 Å². The van der Waals surface area contributed by atoms with Gasteiger partial charge in [-0.1, -0.05) is 6.92 Å². The van der Waals surface area contributed by atoms with Crippen molar-refractivity contribution < 1.29 is 18.7 Å². The second-order valence-electron chi connectivity index (χ2n) is 4.04. The van der Waals surface area contributed by atoms with Crippen molar-refractivity contribution in [2.75, 3.05) is 19.7 Å². The molecule has 110 valence electrons. The number of rotatable bonds is 7. The number of amides is 1. The van der Waals surface area contributed by atoms with E-state index in [0.717, 1.165) is 6.42 Å². The zero-order valence-corrected chi connectivity index (χ0v) is 13.2. The first kappa shape index (κ1) is 16.5. The summed E-state index contributed by atoms with van der Waals surface area (Å²) in [6.07, 6.45) is 3.73. The molecule has 0 radical (unpaired) electrons.